The summed E-state index contributed by atoms with van der Waals surface area (Å²) >= 11 is 7.02. The lowest BCUT2D eigenvalue weighted by molar-refractivity contribution is -0.137. The van der Waals surface area contributed by atoms with Gasteiger partial charge in [-0.05, 0) is 43.7 Å². The Labute approximate surface area is 269 Å². The van der Waals surface area contributed by atoms with E-state index in [0.29, 0.717) is 6.07 Å². The van der Waals surface area contributed by atoms with Crippen molar-refractivity contribution in [2.75, 3.05) is 23.7 Å². The molecule has 240 valence electrons. The van der Waals surface area contributed by atoms with Gasteiger partial charge in [0.15, 0.2) is 0 Å². The van der Waals surface area contributed by atoms with Crippen LogP contribution in [0.3, 0.4) is 0 Å². The highest BCUT2D eigenvalue weighted by Crippen LogP contribution is 2.50. The molecule has 0 aliphatic carbocycles. The fraction of sp³-hybridized carbons (Fsp3) is 0.312. The molecule has 2 aromatic carbocycles. The van der Waals surface area contributed by atoms with E-state index in [9.17, 15) is 14.0 Å². The van der Waals surface area contributed by atoms with Crippen LogP contribution in [0.1, 0.15) is 30.9 Å². The Balaban J connectivity index is 1.66. The third kappa shape index (κ3) is 5.53. The lowest BCUT2D eigenvalue weighted by Gasteiger charge is -2.44. The summed E-state index contributed by atoms with van der Waals surface area (Å²) in [5.74, 6) is -2.76. The van der Waals surface area contributed by atoms with Gasteiger partial charge in [-0.2, -0.15) is 18.2 Å². The van der Waals surface area contributed by atoms with Crippen molar-refractivity contribution in [3.05, 3.63) is 93.6 Å². The van der Waals surface area contributed by atoms with Crippen LogP contribution in [0.15, 0.2) is 65.1 Å². The van der Waals surface area contributed by atoms with Gasteiger partial charge in [0, 0.05) is 83.3 Å². The predicted octanol–water partition coefficient (Wildman–Crippen LogP) is 6.91. The molecule has 2 aliphatic rings. The fourth-order valence-electron chi connectivity index (χ4n) is 6.46. The van der Waals surface area contributed by atoms with Gasteiger partial charge in [0.25, 0.3) is 0 Å². The number of rotatable bonds is 4. The van der Waals surface area contributed by atoms with Crippen molar-refractivity contribution in [3.63, 3.8) is 0 Å². The molecular weight excluding hydrogens is 649 g/mol. The molecule has 6 rings (SSSR count). The quantitative estimate of drug-likeness (QED) is 0.133. The van der Waals surface area contributed by atoms with E-state index in [1.165, 1.54) is 10.6 Å². The van der Waals surface area contributed by atoms with Gasteiger partial charge < -0.3 is 9.80 Å². The summed E-state index contributed by atoms with van der Waals surface area (Å²) in [6.45, 7) is 7.58. The monoisotopic (exact) mass is 675 g/mol. The van der Waals surface area contributed by atoms with Crippen LogP contribution in [0, 0.1) is 11.6 Å². The highest BCUT2D eigenvalue weighted by atomic mass is 35.5. The molecule has 14 heteroatoms. The first kappa shape index (κ1) is 32.0. The van der Waals surface area contributed by atoms with Crippen LogP contribution >= 0.6 is 23.4 Å². The van der Waals surface area contributed by atoms with Crippen LogP contribution in [0.5, 0.6) is 0 Å². The number of amides is 1. The number of thioether (sulfide) groups is 1. The van der Waals surface area contributed by atoms with E-state index in [2.05, 4.69) is 16.5 Å². The second-order valence-electron chi connectivity index (χ2n) is 11.4. The number of piperazine rings is 1. The Morgan fingerprint density at radius 1 is 1.11 bits per heavy atom. The number of hydrogen-bond donors (Lipinski definition) is 0. The van der Waals surface area contributed by atoms with Gasteiger partial charge in [-0.3, -0.25) is 14.3 Å². The van der Waals surface area contributed by atoms with Gasteiger partial charge in [-0.25, -0.2) is 13.6 Å². The number of benzene rings is 2. The number of halogens is 6. The van der Waals surface area contributed by atoms with Crippen molar-refractivity contribution < 1.29 is 26.7 Å². The smallest absolute Gasteiger partial charge is 0.352 e. The van der Waals surface area contributed by atoms with Crippen LogP contribution < -0.4 is 10.6 Å². The zero-order valence-corrected chi connectivity index (χ0v) is 26.2. The van der Waals surface area contributed by atoms with Crippen LogP contribution in [0.25, 0.3) is 22.0 Å². The Hall–Kier alpha value is -3.97. The van der Waals surface area contributed by atoms with Gasteiger partial charge in [-0.15, -0.1) is 11.8 Å². The topological polar surface area (TPSA) is 71.3 Å². The summed E-state index contributed by atoms with van der Waals surface area (Å²) in [6, 6.07) is 4.94. The number of hydrogen-bond acceptors (Lipinski definition) is 6. The molecule has 1 fully saturated rings. The van der Waals surface area contributed by atoms with Crippen molar-refractivity contribution in [1.82, 2.24) is 19.4 Å². The van der Waals surface area contributed by atoms with Crippen LogP contribution in [-0.4, -0.2) is 56.3 Å². The maximum Gasteiger partial charge on any atom is 0.417 e. The van der Waals surface area contributed by atoms with Crippen LogP contribution in [0.2, 0.25) is 5.02 Å². The fourth-order valence-corrected chi connectivity index (χ4v) is 8.01. The summed E-state index contributed by atoms with van der Waals surface area (Å²) in [5, 5.41) is -0.507. The van der Waals surface area contributed by atoms with Gasteiger partial charge in [0.2, 0.25) is 5.91 Å². The second-order valence-corrected chi connectivity index (χ2v) is 12.9. The molecular formula is C32H27ClF5N5O2S. The largest absolute Gasteiger partial charge is 0.417 e. The summed E-state index contributed by atoms with van der Waals surface area (Å²) in [4.78, 5) is 38.3. The number of nitrogens with zero attached hydrogens (tertiary/aromatic N) is 5. The summed E-state index contributed by atoms with van der Waals surface area (Å²) in [7, 11) is 0. The van der Waals surface area contributed by atoms with E-state index in [0.717, 1.165) is 29.5 Å². The molecule has 2 aliphatic heterocycles. The first-order valence-corrected chi connectivity index (χ1v) is 15.7. The molecule has 0 saturated carbocycles. The molecule has 46 heavy (non-hydrogen) atoms. The van der Waals surface area contributed by atoms with Gasteiger partial charge in [0.1, 0.15) is 17.5 Å². The zero-order chi connectivity index (χ0) is 33.1. The van der Waals surface area contributed by atoms with Crippen molar-refractivity contribution in [1.29, 1.82) is 0 Å². The van der Waals surface area contributed by atoms with Crippen LogP contribution in [-0.2, 0) is 17.5 Å². The minimum absolute atomic E-state index is 0.000100. The average Bonchev–Trinajstić information content (AvgIpc) is 3.21. The molecule has 0 spiro atoms. The first-order chi connectivity index (χ1) is 21.8. The van der Waals surface area contributed by atoms with Crippen LogP contribution in [0.4, 0.5) is 27.8 Å². The predicted molar refractivity (Wildman–Crippen MR) is 167 cm³/mol. The standard InChI is InChI=1S/C32H27ClF5N5O2S/c1-4-26(44)43-16(2)12-41(13-17(43)3)30-21-8-22(32(36,37)38)27(20-9-23(33)25(35)10-24(20)34)29-28(21)42(31(45)40-30)14-19(15-46-29)18-6-5-7-39-11-18/h4-11,16-17,19H,1,12-15H2,2-3H3. The SMILES string of the molecule is C=CC(=O)N1C(C)CN(c2nc(=O)n3c4c(c(-c5cc(Cl)c(F)cc5F)c(C(F)(F)F)cc24)SCC(c2cccnc2)C3)CC1C. The minimum Gasteiger partial charge on any atom is -0.352 e. The molecule has 4 heterocycles. The van der Waals surface area contributed by atoms with Crippen molar-refractivity contribution in [2.45, 2.75) is 49.5 Å². The molecule has 3 atom stereocenters. The molecule has 0 radical (unpaired) electrons. The average molecular weight is 676 g/mol. The van der Waals surface area contributed by atoms with E-state index in [1.807, 2.05) is 6.07 Å². The van der Waals surface area contributed by atoms with E-state index in [-0.39, 0.29) is 70.9 Å². The van der Waals surface area contributed by atoms with E-state index in [4.69, 9.17) is 11.6 Å². The number of aromatic nitrogens is 3. The maximum absolute atomic E-state index is 15.4. The number of alkyl halides is 3. The lowest BCUT2D eigenvalue weighted by atomic mass is 9.95. The molecule has 0 N–H and O–H groups in total. The van der Waals surface area contributed by atoms with Crippen molar-refractivity contribution in [3.8, 4) is 11.1 Å². The van der Waals surface area contributed by atoms with E-state index >= 15 is 17.6 Å². The third-order valence-electron chi connectivity index (χ3n) is 8.42. The Bertz CT molecular complexity index is 1930. The number of carbonyl (C=O) groups excluding carboxylic acids is 1. The summed E-state index contributed by atoms with van der Waals surface area (Å²) in [5.41, 5.74) is -2.05. The molecule has 0 bridgehead atoms. The third-order valence-corrected chi connectivity index (χ3v) is 9.96. The number of anilines is 1. The highest BCUT2D eigenvalue weighted by Gasteiger charge is 2.40. The zero-order valence-electron chi connectivity index (χ0n) is 24.6. The molecule has 3 unspecified atom stereocenters. The van der Waals surface area contributed by atoms with Crippen molar-refractivity contribution in [2.24, 2.45) is 0 Å². The molecule has 2 aromatic heterocycles. The Kier molecular flexibility index (Phi) is 8.34. The van der Waals surface area contributed by atoms with Gasteiger partial charge >= 0.3 is 11.9 Å². The maximum atomic E-state index is 15.4. The normalized spacial score (nSPS) is 20.1. The Morgan fingerprint density at radius 3 is 2.46 bits per heavy atom. The second kappa shape index (κ2) is 12.0. The number of carbonyl (C=O) groups is 1. The molecule has 4 aromatic rings. The van der Waals surface area contributed by atoms with Gasteiger partial charge in [0.05, 0.1) is 16.1 Å². The molecule has 7 nitrogen and oxygen atoms in total. The number of pyridine rings is 1. The molecule has 1 amide bonds. The van der Waals surface area contributed by atoms with Crippen molar-refractivity contribution >= 4 is 46.0 Å². The van der Waals surface area contributed by atoms with Gasteiger partial charge in [-0.1, -0.05) is 24.2 Å². The lowest BCUT2D eigenvalue weighted by Crippen LogP contribution is -2.58. The summed E-state index contributed by atoms with van der Waals surface area (Å²) in [6.07, 6.45) is -0.578. The Morgan fingerprint density at radius 2 is 1.83 bits per heavy atom. The highest BCUT2D eigenvalue weighted by molar-refractivity contribution is 7.99. The van der Waals surface area contributed by atoms with E-state index in [1.54, 1.807) is 42.1 Å². The first-order valence-electron chi connectivity index (χ1n) is 14.4. The summed E-state index contributed by atoms with van der Waals surface area (Å²) < 4.78 is 76.0. The minimum atomic E-state index is -4.99. The van der Waals surface area contributed by atoms with E-state index < -0.39 is 45.2 Å². The molecule has 1 saturated heterocycles.